The summed E-state index contributed by atoms with van der Waals surface area (Å²) in [6, 6.07) is 17.5. The zero-order valence-corrected chi connectivity index (χ0v) is 18.2. The van der Waals surface area contributed by atoms with E-state index in [0.717, 1.165) is 27.9 Å². The molecular formula is C25H30N4O. The van der Waals surface area contributed by atoms with E-state index in [2.05, 4.69) is 35.8 Å². The largest absolute Gasteiger partial charge is 0.361 e. The lowest BCUT2D eigenvalue weighted by molar-refractivity contribution is -0.114. The van der Waals surface area contributed by atoms with E-state index in [4.69, 9.17) is 0 Å². The number of fused-ring (bicyclic) bond motifs is 1. The number of hydrogen-bond acceptors (Lipinski definition) is 3. The summed E-state index contributed by atoms with van der Waals surface area (Å²) in [5.74, 6) is -0.0982. The number of carbonyl (C=O) groups is 1. The maximum absolute atomic E-state index is 12.7. The molecule has 1 N–H and O–H groups in total. The number of aromatic amines is 1. The van der Waals surface area contributed by atoms with Crippen LogP contribution in [0, 0.1) is 0 Å². The molecule has 0 fully saturated rings. The van der Waals surface area contributed by atoms with Crippen molar-refractivity contribution in [1.82, 2.24) is 9.88 Å². The maximum atomic E-state index is 12.7. The van der Waals surface area contributed by atoms with Crippen LogP contribution in [0.4, 0.5) is 5.69 Å². The summed E-state index contributed by atoms with van der Waals surface area (Å²) in [5.41, 5.74) is 4.18. The normalized spacial score (nSPS) is 15.0. The van der Waals surface area contributed by atoms with Crippen LogP contribution in [-0.4, -0.2) is 41.1 Å². The topological polar surface area (TPSA) is 51.7 Å². The van der Waals surface area contributed by atoms with Gasteiger partial charge in [-0.2, -0.15) is 10.1 Å². The molecule has 5 heteroatoms. The minimum atomic E-state index is -0.0982. The molecule has 0 radical (unpaired) electrons. The van der Waals surface area contributed by atoms with E-state index in [9.17, 15) is 4.79 Å². The maximum Gasteiger partial charge on any atom is 0.280 e. The molecule has 2 aromatic carbocycles. The van der Waals surface area contributed by atoms with Gasteiger partial charge in [0.15, 0.2) is 0 Å². The van der Waals surface area contributed by atoms with Crippen molar-refractivity contribution < 1.29 is 4.79 Å². The highest BCUT2D eigenvalue weighted by atomic mass is 16.2. The summed E-state index contributed by atoms with van der Waals surface area (Å²) < 4.78 is 0. The number of nitrogens with one attached hydrogen (secondary N) is 1. The van der Waals surface area contributed by atoms with Crippen LogP contribution in [0.25, 0.3) is 17.0 Å². The Morgan fingerprint density at radius 2 is 1.60 bits per heavy atom. The van der Waals surface area contributed by atoms with Crippen LogP contribution in [0.5, 0.6) is 0 Å². The van der Waals surface area contributed by atoms with Gasteiger partial charge >= 0.3 is 0 Å². The van der Waals surface area contributed by atoms with Crippen molar-refractivity contribution in [1.29, 1.82) is 0 Å². The monoisotopic (exact) mass is 402 g/mol. The minimum absolute atomic E-state index is 0.0982. The van der Waals surface area contributed by atoms with Crippen LogP contribution in [0.3, 0.4) is 0 Å². The van der Waals surface area contributed by atoms with E-state index in [-0.39, 0.29) is 5.91 Å². The molecule has 1 amide bonds. The van der Waals surface area contributed by atoms with Crippen LogP contribution in [-0.2, 0) is 4.79 Å². The Morgan fingerprint density at radius 3 is 2.23 bits per heavy atom. The summed E-state index contributed by atoms with van der Waals surface area (Å²) in [6.07, 6.45) is 3.83. The van der Waals surface area contributed by atoms with Crippen molar-refractivity contribution in [2.45, 2.75) is 27.7 Å². The van der Waals surface area contributed by atoms with Crippen molar-refractivity contribution in [3.8, 4) is 0 Å². The van der Waals surface area contributed by atoms with Crippen molar-refractivity contribution in [2.75, 3.05) is 24.6 Å². The lowest BCUT2D eigenvalue weighted by Crippen LogP contribution is -2.21. The summed E-state index contributed by atoms with van der Waals surface area (Å²) in [4.78, 5) is 18.3. The van der Waals surface area contributed by atoms with E-state index in [1.807, 2.05) is 73.8 Å². The molecule has 2 heterocycles. The fourth-order valence-corrected chi connectivity index (χ4v) is 3.47. The Balaban J connectivity index is 0.000000318. The lowest BCUT2D eigenvalue weighted by atomic mass is 10.1. The molecule has 0 atom stereocenters. The van der Waals surface area contributed by atoms with E-state index < -0.39 is 0 Å². The van der Waals surface area contributed by atoms with Crippen LogP contribution in [0.15, 0.2) is 71.5 Å². The van der Waals surface area contributed by atoms with Crippen LogP contribution >= 0.6 is 0 Å². The third-order valence-electron chi connectivity index (χ3n) is 5.33. The number of aromatic nitrogens is 1. The van der Waals surface area contributed by atoms with Gasteiger partial charge in [0.2, 0.25) is 0 Å². The molecule has 0 aliphatic carbocycles. The summed E-state index contributed by atoms with van der Waals surface area (Å²) in [7, 11) is 0. The molecule has 1 aliphatic rings. The first-order chi connectivity index (χ1) is 14.6. The first kappa shape index (κ1) is 21.5. The smallest absolute Gasteiger partial charge is 0.280 e. The van der Waals surface area contributed by atoms with Crippen molar-refractivity contribution >= 4 is 34.3 Å². The first-order valence-corrected chi connectivity index (χ1v) is 10.5. The van der Waals surface area contributed by atoms with Gasteiger partial charge in [-0.3, -0.25) is 4.79 Å². The molecule has 1 aliphatic heterocycles. The summed E-state index contributed by atoms with van der Waals surface area (Å²) >= 11 is 0. The highest BCUT2D eigenvalue weighted by molar-refractivity contribution is 6.32. The van der Waals surface area contributed by atoms with E-state index in [1.54, 1.807) is 0 Å². The first-order valence-electron chi connectivity index (χ1n) is 10.5. The second-order valence-corrected chi connectivity index (χ2v) is 7.11. The predicted octanol–water partition coefficient (Wildman–Crippen LogP) is 5.32. The number of nitrogens with zero attached hydrogens (tertiary/aromatic N) is 3. The number of para-hydroxylation sites is 2. The average Bonchev–Trinajstić information content (AvgIpc) is 3.32. The lowest BCUT2D eigenvalue weighted by Gasteiger charge is -2.13. The van der Waals surface area contributed by atoms with E-state index in [1.165, 1.54) is 24.6 Å². The molecule has 0 unspecified atom stereocenters. The van der Waals surface area contributed by atoms with Gasteiger partial charge < -0.3 is 9.88 Å². The number of hydrogen-bond donors (Lipinski definition) is 1. The van der Waals surface area contributed by atoms with Gasteiger partial charge in [-0.1, -0.05) is 57.2 Å². The van der Waals surface area contributed by atoms with E-state index in [0.29, 0.717) is 5.57 Å². The van der Waals surface area contributed by atoms with Crippen molar-refractivity contribution in [2.24, 2.45) is 5.10 Å². The fourth-order valence-electron chi connectivity index (χ4n) is 3.47. The number of hydrazone groups is 1. The average molecular weight is 403 g/mol. The number of rotatable bonds is 5. The molecule has 0 saturated carbocycles. The summed E-state index contributed by atoms with van der Waals surface area (Å²) in [6.45, 7) is 12.0. The quantitative estimate of drug-likeness (QED) is 0.587. The van der Waals surface area contributed by atoms with Gasteiger partial charge in [-0.05, 0) is 50.8 Å². The van der Waals surface area contributed by atoms with Gasteiger partial charge in [0, 0.05) is 22.7 Å². The molecule has 0 bridgehead atoms. The van der Waals surface area contributed by atoms with Gasteiger partial charge in [0.1, 0.15) is 0 Å². The number of carbonyl (C=O) groups excluding carboxylic acids is 1. The Bertz CT molecular complexity index is 1040. The SMILES string of the molecule is CC1=NN(c2ccccc2)C(=O)C1=Cc1c[nH]c2ccccc12.CCN(CC)CC. The molecule has 5 nitrogen and oxygen atoms in total. The second kappa shape index (κ2) is 10.0. The minimum Gasteiger partial charge on any atom is -0.361 e. The van der Waals surface area contributed by atoms with Gasteiger partial charge in [0.05, 0.1) is 17.0 Å². The Hall–Kier alpha value is -3.18. The second-order valence-electron chi connectivity index (χ2n) is 7.11. The summed E-state index contributed by atoms with van der Waals surface area (Å²) in [5, 5.41) is 6.95. The fraction of sp³-hybridized carbons (Fsp3) is 0.280. The predicted molar refractivity (Wildman–Crippen MR) is 127 cm³/mol. The third-order valence-corrected chi connectivity index (χ3v) is 5.33. The van der Waals surface area contributed by atoms with Crippen molar-refractivity contribution in [3.05, 3.63) is 71.9 Å². The molecule has 30 heavy (non-hydrogen) atoms. The van der Waals surface area contributed by atoms with Crippen molar-refractivity contribution in [3.63, 3.8) is 0 Å². The molecular weight excluding hydrogens is 372 g/mol. The number of benzene rings is 2. The van der Waals surface area contributed by atoms with E-state index >= 15 is 0 Å². The molecule has 3 aromatic rings. The zero-order valence-electron chi connectivity index (χ0n) is 18.2. The highest BCUT2D eigenvalue weighted by Crippen LogP contribution is 2.26. The van der Waals surface area contributed by atoms with Crippen LogP contribution in [0.2, 0.25) is 0 Å². The Morgan fingerprint density at radius 1 is 0.967 bits per heavy atom. The number of anilines is 1. The Labute approximate surface area is 178 Å². The molecule has 0 saturated heterocycles. The van der Waals surface area contributed by atoms with Gasteiger partial charge in [0.25, 0.3) is 5.91 Å². The van der Waals surface area contributed by atoms with Gasteiger partial charge in [-0.15, -0.1) is 0 Å². The standard InChI is InChI=1S/C19H15N3O.C6H15N/c1-13-17(11-14-12-20-18-10-6-5-9-16(14)18)19(23)22(21-13)15-7-3-2-4-8-15;1-4-7(5-2)6-3/h2-12,20H,1H3;4-6H2,1-3H3. The number of H-pyrrole nitrogens is 1. The van der Waals surface area contributed by atoms with Gasteiger partial charge in [-0.25, -0.2) is 0 Å². The molecule has 0 spiro atoms. The molecule has 156 valence electrons. The van der Waals surface area contributed by atoms with Crippen LogP contribution in [0.1, 0.15) is 33.3 Å². The Kier molecular flexibility index (Phi) is 7.20. The zero-order chi connectivity index (χ0) is 21.5. The molecule has 4 rings (SSSR count). The molecule has 1 aromatic heterocycles. The number of amides is 1. The third kappa shape index (κ3) is 4.69. The van der Waals surface area contributed by atoms with Crippen LogP contribution < -0.4 is 5.01 Å². The highest BCUT2D eigenvalue weighted by Gasteiger charge is 2.28.